The topological polar surface area (TPSA) is 40.5 Å². The van der Waals surface area contributed by atoms with Crippen molar-refractivity contribution in [1.29, 1.82) is 0 Å². The Balaban J connectivity index is 2.16. The molecule has 0 spiro atoms. The van der Waals surface area contributed by atoms with Gasteiger partial charge in [-0.1, -0.05) is 23.7 Å². The van der Waals surface area contributed by atoms with Crippen LogP contribution >= 0.6 is 11.6 Å². The highest BCUT2D eigenvalue weighted by Crippen LogP contribution is 2.22. The number of carbonyl (C=O) groups is 1. The van der Waals surface area contributed by atoms with Crippen molar-refractivity contribution >= 4 is 17.5 Å². The maximum atomic E-state index is 12.8. The minimum absolute atomic E-state index is 0.0204. The van der Waals surface area contributed by atoms with Gasteiger partial charge in [0.15, 0.2) is 0 Å². The molecule has 1 N–H and O–H groups in total. The number of phenolic OH excluding ortho intramolecular Hbond substituents is 1. The zero-order valence-corrected chi connectivity index (χ0v) is 11.6. The van der Waals surface area contributed by atoms with Gasteiger partial charge in [-0.3, -0.25) is 4.79 Å². The lowest BCUT2D eigenvalue weighted by atomic mass is 10.1. The number of nitrogens with zero attached hydrogens (tertiary/aromatic N) is 1. The van der Waals surface area contributed by atoms with Gasteiger partial charge in [-0.15, -0.1) is 0 Å². The molecule has 0 unspecified atom stereocenters. The van der Waals surface area contributed by atoms with E-state index >= 15 is 0 Å². The highest BCUT2D eigenvalue weighted by atomic mass is 35.5. The molecular weight excluding hydrogens is 281 g/mol. The van der Waals surface area contributed by atoms with E-state index in [9.17, 15) is 14.3 Å². The van der Waals surface area contributed by atoms with Crippen LogP contribution in [0.5, 0.6) is 5.75 Å². The Hall–Kier alpha value is -2.07. The molecule has 0 bridgehead atoms. The summed E-state index contributed by atoms with van der Waals surface area (Å²) in [4.78, 5) is 13.7. The van der Waals surface area contributed by atoms with Crippen molar-refractivity contribution < 1.29 is 14.3 Å². The van der Waals surface area contributed by atoms with E-state index in [2.05, 4.69) is 0 Å². The van der Waals surface area contributed by atoms with Crippen LogP contribution in [-0.2, 0) is 6.54 Å². The van der Waals surface area contributed by atoms with E-state index < -0.39 is 0 Å². The Morgan fingerprint density at radius 1 is 1.25 bits per heavy atom. The fourth-order valence-corrected chi connectivity index (χ4v) is 2.02. The van der Waals surface area contributed by atoms with E-state index in [4.69, 9.17) is 11.6 Å². The van der Waals surface area contributed by atoms with Gasteiger partial charge < -0.3 is 10.0 Å². The van der Waals surface area contributed by atoms with E-state index in [1.54, 1.807) is 19.2 Å². The van der Waals surface area contributed by atoms with Crippen molar-refractivity contribution in [1.82, 2.24) is 4.90 Å². The molecule has 0 saturated heterocycles. The van der Waals surface area contributed by atoms with Gasteiger partial charge >= 0.3 is 0 Å². The summed E-state index contributed by atoms with van der Waals surface area (Å²) in [5.41, 5.74) is 1.04. The number of hydrogen-bond donors (Lipinski definition) is 1. The Labute approximate surface area is 121 Å². The second-order valence-electron chi connectivity index (χ2n) is 4.45. The highest BCUT2D eigenvalue weighted by molar-refractivity contribution is 6.33. The van der Waals surface area contributed by atoms with Gasteiger partial charge in [0.2, 0.25) is 0 Å². The summed E-state index contributed by atoms with van der Waals surface area (Å²) in [6.45, 7) is 0.325. The van der Waals surface area contributed by atoms with E-state index in [0.717, 1.165) is 5.56 Å². The Kier molecular flexibility index (Phi) is 4.25. The van der Waals surface area contributed by atoms with Gasteiger partial charge in [0.1, 0.15) is 11.6 Å². The Morgan fingerprint density at radius 3 is 2.55 bits per heavy atom. The van der Waals surface area contributed by atoms with Gasteiger partial charge in [0, 0.05) is 13.6 Å². The molecule has 2 rings (SSSR count). The van der Waals surface area contributed by atoms with Gasteiger partial charge in [-0.2, -0.15) is 0 Å². The second-order valence-corrected chi connectivity index (χ2v) is 4.86. The molecule has 5 heteroatoms. The molecule has 0 aliphatic heterocycles. The Morgan fingerprint density at radius 2 is 1.90 bits per heavy atom. The van der Waals surface area contributed by atoms with Crippen LogP contribution < -0.4 is 0 Å². The lowest BCUT2D eigenvalue weighted by Gasteiger charge is -2.18. The number of phenols is 1. The van der Waals surface area contributed by atoms with E-state index in [1.807, 2.05) is 0 Å². The van der Waals surface area contributed by atoms with Crippen LogP contribution in [0.15, 0.2) is 42.5 Å². The van der Waals surface area contributed by atoms with Crippen molar-refractivity contribution in [3.8, 4) is 5.75 Å². The fourth-order valence-electron chi connectivity index (χ4n) is 1.82. The molecule has 0 saturated carbocycles. The number of amides is 1. The molecule has 0 heterocycles. The van der Waals surface area contributed by atoms with Crippen LogP contribution in [0.3, 0.4) is 0 Å². The molecule has 2 aromatic carbocycles. The summed E-state index contributed by atoms with van der Waals surface area (Å²) in [7, 11) is 1.62. The summed E-state index contributed by atoms with van der Waals surface area (Å²) in [6, 6.07) is 10.1. The molecule has 1 amide bonds. The number of aromatic hydroxyl groups is 1. The average molecular weight is 294 g/mol. The summed E-state index contributed by atoms with van der Waals surface area (Å²) >= 11 is 5.95. The molecule has 0 fully saturated rings. The quantitative estimate of drug-likeness (QED) is 0.941. The molecule has 0 radical (unpaired) electrons. The summed E-state index contributed by atoms with van der Waals surface area (Å²) in [5, 5.41) is 9.69. The fraction of sp³-hybridized carbons (Fsp3) is 0.133. The van der Waals surface area contributed by atoms with Gasteiger partial charge in [-0.05, 0) is 35.9 Å². The molecular formula is C15H13ClFNO2. The summed E-state index contributed by atoms with van der Waals surface area (Å²) in [6.07, 6.45) is 0. The zero-order valence-electron chi connectivity index (χ0n) is 10.8. The minimum Gasteiger partial charge on any atom is -0.508 e. The summed E-state index contributed by atoms with van der Waals surface area (Å²) in [5.74, 6) is -0.651. The highest BCUT2D eigenvalue weighted by Gasteiger charge is 2.16. The lowest BCUT2D eigenvalue weighted by molar-refractivity contribution is 0.0785. The molecule has 20 heavy (non-hydrogen) atoms. The monoisotopic (exact) mass is 293 g/mol. The lowest BCUT2D eigenvalue weighted by Crippen LogP contribution is -2.26. The van der Waals surface area contributed by atoms with Crippen LogP contribution in [0.25, 0.3) is 0 Å². The first kappa shape index (κ1) is 14.3. The average Bonchev–Trinajstić information content (AvgIpc) is 2.43. The molecule has 104 valence electrons. The third kappa shape index (κ3) is 3.27. The molecule has 0 aliphatic rings. The first-order chi connectivity index (χ1) is 9.47. The van der Waals surface area contributed by atoms with Crippen LogP contribution in [0.2, 0.25) is 5.02 Å². The number of benzene rings is 2. The summed E-state index contributed by atoms with van der Waals surface area (Å²) < 4.78 is 12.8. The van der Waals surface area contributed by atoms with Crippen LogP contribution in [0, 0.1) is 5.82 Å². The minimum atomic E-state index is -0.321. The van der Waals surface area contributed by atoms with E-state index in [-0.39, 0.29) is 28.1 Å². The van der Waals surface area contributed by atoms with Gasteiger partial charge in [0.25, 0.3) is 5.91 Å². The normalized spacial score (nSPS) is 10.3. The Bertz CT molecular complexity index is 628. The predicted molar refractivity (Wildman–Crippen MR) is 75.3 cm³/mol. The standard InChI is InChI=1S/C15H13ClFNO2/c1-18(9-10-2-4-11(17)5-3-10)15(20)13-8-12(19)6-7-14(13)16/h2-8,19H,9H2,1H3. The maximum Gasteiger partial charge on any atom is 0.255 e. The van der Waals surface area contributed by atoms with Gasteiger partial charge in [0.05, 0.1) is 10.6 Å². The van der Waals surface area contributed by atoms with Gasteiger partial charge in [-0.25, -0.2) is 4.39 Å². The molecule has 0 atom stereocenters. The largest absolute Gasteiger partial charge is 0.508 e. The molecule has 0 aromatic heterocycles. The van der Waals surface area contributed by atoms with Crippen molar-refractivity contribution in [3.05, 3.63) is 64.4 Å². The van der Waals surface area contributed by atoms with E-state index in [1.165, 1.54) is 35.2 Å². The van der Waals surface area contributed by atoms with Crippen LogP contribution in [0.4, 0.5) is 4.39 Å². The first-order valence-electron chi connectivity index (χ1n) is 5.96. The maximum absolute atomic E-state index is 12.8. The van der Waals surface area contributed by atoms with Crippen molar-refractivity contribution in [2.24, 2.45) is 0 Å². The third-order valence-corrected chi connectivity index (χ3v) is 3.19. The van der Waals surface area contributed by atoms with Crippen molar-refractivity contribution in [3.63, 3.8) is 0 Å². The molecule has 2 aromatic rings. The number of halogens is 2. The van der Waals surface area contributed by atoms with E-state index in [0.29, 0.717) is 6.54 Å². The third-order valence-electron chi connectivity index (χ3n) is 2.86. The number of rotatable bonds is 3. The SMILES string of the molecule is CN(Cc1ccc(F)cc1)C(=O)c1cc(O)ccc1Cl. The second kappa shape index (κ2) is 5.92. The predicted octanol–water partition coefficient (Wildman–Crippen LogP) is 3.46. The molecule has 0 aliphatic carbocycles. The number of carbonyl (C=O) groups excluding carboxylic acids is 1. The van der Waals surface area contributed by atoms with Crippen LogP contribution in [0.1, 0.15) is 15.9 Å². The smallest absolute Gasteiger partial charge is 0.255 e. The number of hydrogen-bond acceptors (Lipinski definition) is 2. The molecule has 3 nitrogen and oxygen atoms in total. The van der Waals surface area contributed by atoms with Crippen molar-refractivity contribution in [2.75, 3.05) is 7.05 Å². The first-order valence-corrected chi connectivity index (χ1v) is 6.33. The van der Waals surface area contributed by atoms with Crippen molar-refractivity contribution in [2.45, 2.75) is 6.54 Å². The zero-order chi connectivity index (χ0) is 14.7. The van der Waals surface area contributed by atoms with Crippen LogP contribution in [-0.4, -0.2) is 23.0 Å².